The van der Waals surface area contributed by atoms with Crippen LogP contribution >= 0.6 is 0 Å². The van der Waals surface area contributed by atoms with E-state index >= 15 is 0 Å². The fraction of sp³-hybridized carbons (Fsp3) is 0.200. The van der Waals surface area contributed by atoms with Gasteiger partial charge in [0, 0.05) is 32.2 Å². The van der Waals surface area contributed by atoms with Crippen molar-refractivity contribution in [3.63, 3.8) is 0 Å². The highest BCUT2D eigenvalue weighted by atomic mass is 32.2. The maximum absolute atomic E-state index is 13.9. The van der Waals surface area contributed by atoms with Crippen LogP contribution in [-0.2, 0) is 10.0 Å². The Kier molecular flexibility index (Phi) is 5.12. The van der Waals surface area contributed by atoms with Crippen molar-refractivity contribution in [3.05, 3.63) is 76.1 Å². The molecule has 0 unspecified atom stereocenters. The first kappa shape index (κ1) is 20.2. The summed E-state index contributed by atoms with van der Waals surface area (Å²) in [5, 5.41) is 0.349. The molecule has 30 heavy (non-hydrogen) atoms. The highest BCUT2D eigenvalue weighted by Crippen LogP contribution is 2.22. The zero-order chi connectivity index (χ0) is 21.5. The third-order valence-electron chi connectivity index (χ3n) is 4.88. The molecule has 156 valence electrons. The Hall–Kier alpha value is -3.11. The van der Waals surface area contributed by atoms with Crippen LogP contribution in [0.4, 0.5) is 8.78 Å². The summed E-state index contributed by atoms with van der Waals surface area (Å²) in [6.45, 7) is -0.208. The number of para-hydroxylation sites is 1. The molecule has 0 N–H and O–H groups in total. The monoisotopic (exact) mass is 434 g/mol. The predicted molar refractivity (Wildman–Crippen MR) is 104 cm³/mol. The lowest BCUT2D eigenvalue weighted by Crippen LogP contribution is -2.50. The van der Waals surface area contributed by atoms with Crippen molar-refractivity contribution in [1.29, 1.82) is 0 Å². The summed E-state index contributed by atoms with van der Waals surface area (Å²) in [6.07, 6.45) is 0. The summed E-state index contributed by atoms with van der Waals surface area (Å²) in [4.78, 5) is 25.5. The normalized spacial score (nSPS) is 15.5. The first-order valence-electron chi connectivity index (χ1n) is 9.05. The molecule has 1 aliphatic rings. The van der Waals surface area contributed by atoms with Crippen LogP contribution in [0.5, 0.6) is 0 Å². The van der Waals surface area contributed by atoms with E-state index in [0.29, 0.717) is 11.5 Å². The average molecular weight is 434 g/mol. The van der Waals surface area contributed by atoms with E-state index in [1.165, 1.54) is 4.90 Å². The van der Waals surface area contributed by atoms with Crippen LogP contribution in [0.2, 0.25) is 0 Å². The highest BCUT2D eigenvalue weighted by Gasteiger charge is 2.33. The average Bonchev–Trinajstić information content (AvgIpc) is 2.75. The molecule has 2 aromatic carbocycles. The fourth-order valence-corrected chi connectivity index (χ4v) is 4.81. The van der Waals surface area contributed by atoms with Crippen molar-refractivity contribution >= 4 is 26.9 Å². The molecule has 1 aromatic heterocycles. The molecule has 0 bridgehead atoms. The van der Waals surface area contributed by atoms with Crippen LogP contribution in [-0.4, -0.2) is 49.7 Å². The van der Waals surface area contributed by atoms with E-state index in [1.54, 1.807) is 24.3 Å². The Morgan fingerprint density at radius 1 is 0.967 bits per heavy atom. The molecular weight excluding hydrogens is 418 g/mol. The van der Waals surface area contributed by atoms with E-state index in [-0.39, 0.29) is 43.0 Å². The highest BCUT2D eigenvalue weighted by molar-refractivity contribution is 7.89. The molecule has 0 radical (unpaired) electrons. The molecule has 0 aliphatic carbocycles. The van der Waals surface area contributed by atoms with Crippen molar-refractivity contribution in [3.8, 4) is 0 Å². The van der Waals surface area contributed by atoms with Crippen LogP contribution < -0.4 is 5.43 Å². The van der Waals surface area contributed by atoms with Crippen molar-refractivity contribution < 1.29 is 26.4 Å². The number of piperazine rings is 1. The molecule has 1 amide bonds. The Bertz CT molecular complexity index is 1300. The number of hydrogen-bond donors (Lipinski definition) is 0. The van der Waals surface area contributed by atoms with Crippen molar-refractivity contribution in [2.24, 2.45) is 0 Å². The lowest BCUT2D eigenvalue weighted by atomic mass is 10.2. The van der Waals surface area contributed by atoms with E-state index in [0.717, 1.165) is 22.5 Å². The Labute approximate surface area is 170 Å². The number of rotatable bonds is 3. The summed E-state index contributed by atoms with van der Waals surface area (Å²) in [5.74, 6) is -2.61. The number of fused-ring (bicyclic) bond motifs is 1. The SMILES string of the molecule is O=C(c1cc(=O)c2ccccc2o1)N1CCN(S(=O)(=O)c2cc(F)ccc2F)CC1. The van der Waals surface area contributed by atoms with Gasteiger partial charge in [-0.25, -0.2) is 17.2 Å². The number of benzene rings is 2. The van der Waals surface area contributed by atoms with Gasteiger partial charge in [-0.2, -0.15) is 4.31 Å². The summed E-state index contributed by atoms with van der Waals surface area (Å²) < 4.78 is 59.2. The molecule has 1 saturated heterocycles. The Balaban J connectivity index is 1.53. The van der Waals surface area contributed by atoms with E-state index in [9.17, 15) is 26.8 Å². The number of hydrogen-bond acceptors (Lipinski definition) is 5. The standard InChI is InChI=1S/C20H16F2N2O5S/c21-13-5-6-15(22)19(11-13)30(27,28)24-9-7-23(8-10-24)20(26)18-12-16(25)14-3-1-2-4-17(14)29-18/h1-6,11-12H,7-10H2. The van der Waals surface area contributed by atoms with Gasteiger partial charge in [-0.3, -0.25) is 9.59 Å². The lowest BCUT2D eigenvalue weighted by Gasteiger charge is -2.33. The van der Waals surface area contributed by atoms with Gasteiger partial charge in [0.05, 0.1) is 5.39 Å². The lowest BCUT2D eigenvalue weighted by molar-refractivity contribution is 0.0666. The summed E-state index contributed by atoms with van der Waals surface area (Å²) >= 11 is 0. The van der Waals surface area contributed by atoms with Gasteiger partial charge in [-0.1, -0.05) is 12.1 Å². The predicted octanol–water partition coefficient (Wildman–Crippen LogP) is 2.22. The van der Waals surface area contributed by atoms with Crippen LogP contribution in [0.1, 0.15) is 10.6 Å². The number of sulfonamides is 1. The maximum atomic E-state index is 13.9. The van der Waals surface area contributed by atoms with Crippen LogP contribution in [0, 0.1) is 11.6 Å². The summed E-state index contributed by atoms with van der Waals surface area (Å²) in [6, 6.07) is 9.85. The van der Waals surface area contributed by atoms with Gasteiger partial charge in [-0.15, -0.1) is 0 Å². The number of carbonyl (C=O) groups is 1. The van der Waals surface area contributed by atoms with Gasteiger partial charge in [-0.05, 0) is 30.3 Å². The van der Waals surface area contributed by atoms with E-state index in [2.05, 4.69) is 0 Å². The molecular formula is C20H16F2N2O5S. The van der Waals surface area contributed by atoms with Gasteiger partial charge >= 0.3 is 0 Å². The molecule has 3 aromatic rings. The van der Waals surface area contributed by atoms with Crippen LogP contribution in [0.3, 0.4) is 0 Å². The van der Waals surface area contributed by atoms with Gasteiger partial charge in [0.25, 0.3) is 5.91 Å². The first-order chi connectivity index (χ1) is 14.3. The van der Waals surface area contributed by atoms with Gasteiger partial charge in [0.1, 0.15) is 22.1 Å². The van der Waals surface area contributed by atoms with E-state index in [4.69, 9.17) is 4.42 Å². The van der Waals surface area contributed by atoms with E-state index < -0.39 is 32.5 Å². The first-order valence-corrected chi connectivity index (χ1v) is 10.5. The zero-order valence-electron chi connectivity index (χ0n) is 15.5. The van der Waals surface area contributed by atoms with Crippen molar-refractivity contribution in [2.45, 2.75) is 4.90 Å². The maximum Gasteiger partial charge on any atom is 0.289 e. The second-order valence-electron chi connectivity index (χ2n) is 6.74. The molecule has 4 rings (SSSR count). The molecule has 2 heterocycles. The Morgan fingerprint density at radius 2 is 1.67 bits per heavy atom. The van der Waals surface area contributed by atoms with Gasteiger partial charge in [0.2, 0.25) is 10.0 Å². The third-order valence-corrected chi connectivity index (χ3v) is 6.80. The number of halogens is 2. The summed E-state index contributed by atoms with van der Waals surface area (Å²) in [5.41, 5.74) is -0.0841. The second kappa shape index (κ2) is 7.62. The van der Waals surface area contributed by atoms with Crippen molar-refractivity contribution in [1.82, 2.24) is 9.21 Å². The van der Waals surface area contributed by atoms with E-state index in [1.807, 2.05) is 0 Å². The molecule has 1 aliphatic heterocycles. The molecule has 0 spiro atoms. The zero-order valence-corrected chi connectivity index (χ0v) is 16.4. The van der Waals surface area contributed by atoms with Gasteiger partial charge < -0.3 is 9.32 Å². The second-order valence-corrected chi connectivity index (χ2v) is 8.65. The summed E-state index contributed by atoms with van der Waals surface area (Å²) in [7, 11) is -4.26. The third kappa shape index (κ3) is 3.59. The Morgan fingerprint density at radius 3 is 2.40 bits per heavy atom. The molecule has 0 atom stereocenters. The van der Waals surface area contributed by atoms with Crippen LogP contribution in [0.15, 0.2) is 62.6 Å². The minimum atomic E-state index is -4.26. The van der Waals surface area contributed by atoms with Crippen molar-refractivity contribution in [2.75, 3.05) is 26.2 Å². The molecule has 10 heteroatoms. The smallest absolute Gasteiger partial charge is 0.289 e. The topological polar surface area (TPSA) is 87.9 Å². The number of carbonyl (C=O) groups excluding carboxylic acids is 1. The molecule has 1 fully saturated rings. The number of amides is 1. The minimum absolute atomic E-state index is 0.00549. The molecule has 7 nitrogen and oxygen atoms in total. The molecule has 0 saturated carbocycles. The fourth-order valence-electron chi connectivity index (χ4n) is 3.31. The van der Waals surface area contributed by atoms with Crippen LogP contribution in [0.25, 0.3) is 11.0 Å². The largest absolute Gasteiger partial charge is 0.451 e. The minimum Gasteiger partial charge on any atom is -0.451 e. The number of nitrogens with zero attached hydrogens (tertiary/aromatic N) is 2. The quantitative estimate of drug-likeness (QED) is 0.631. The van der Waals surface area contributed by atoms with Gasteiger partial charge in [0.15, 0.2) is 11.2 Å².